The fraction of sp³-hybridized carbons (Fsp3) is 0.348. The smallest absolute Gasteiger partial charge is 0.224 e. The summed E-state index contributed by atoms with van der Waals surface area (Å²) in [7, 11) is 1.75. The first-order chi connectivity index (χ1) is 15.1. The average Bonchev–Trinajstić information content (AvgIpc) is 3.11. The standard InChI is InChI=1S/C23H29N5O2S.HI/c1-5-13-29-19-8-10-20(11-9-19)30-22-18(7-6-12-25-22)14-26-23(24-4)27-15-21-16(2)28-17(3)31-21;/h6-12H,5,13-15H2,1-4H3,(H2,24,26,27);1H. The zero-order chi connectivity index (χ0) is 22.1. The summed E-state index contributed by atoms with van der Waals surface area (Å²) >= 11 is 1.69. The number of hydrogen-bond donors (Lipinski definition) is 2. The Kier molecular flexibility index (Phi) is 10.7. The molecule has 3 rings (SSSR count). The van der Waals surface area contributed by atoms with Gasteiger partial charge >= 0.3 is 0 Å². The lowest BCUT2D eigenvalue weighted by molar-refractivity contribution is 0.317. The van der Waals surface area contributed by atoms with E-state index in [1.54, 1.807) is 24.6 Å². The lowest BCUT2D eigenvalue weighted by atomic mass is 10.2. The van der Waals surface area contributed by atoms with Crippen LogP contribution in [0.3, 0.4) is 0 Å². The molecule has 9 heteroatoms. The van der Waals surface area contributed by atoms with Gasteiger partial charge in [-0.05, 0) is 50.6 Å². The highest BCUT2D eigenvalue weighted by atomic mass is 127. The Hall–Kier alpha value is -2.40. The predicted molar refractivity (Wildman–Crippen MR) is 141 cm³/mol. The minimum absolute atomic E-state index is 0. The quantitative estimate of drug-likeness (QED) is 0.210. The molecular formula is C23H30IN5O2S. The van der Waals surface area contributed by atoms with E-state index in [9.17, 15) is 0 Å². The van der Waals surface area contributed by atoms with Crippen molar-refractivity contribution in [2.75, 3.05) is 13.7 Å². The highest BCUT2D eigenvalue weighted by Gasteiger charge is 2.09. The van der Waals surface area contributed by atoms with Crippen LogP contribution in [0.5, 0.6) is 17.4 Å². The number of rotatable bonds is 9. The molecule has 3 aromatic rings. The Morgan fingerprint density at radius 3 is 2.44 bits per heavy atom. The van der Waals surface area contributed by atoms with Gasteiger partial charge in [-0.3, -0.25) is 4.99 Å². The van der Waals surface area contributed by atoms with E-state index in [1.165, 1.54) is 4.88 Å². The summed E-state index contributed by atoms with van der Waals surface area (Å²) in [5.74, 6) is 2.81. The zero-order valence-corrected chi connectivity index (χ0v) is 22.0. The second-order valence-electron chi connectivity index (χ2n) is 6.91. The van der Waals surface area contributed by atoms with Crippen molar-refractivity contribution in [3.05, 3.63) is 63.7 Å². The molecule has 0 aliphatic heterocycles. The monoisotopic (exact) mass is 567 g/mol. The normalized spacial score (nSPS) is 10.9. The van der Waals surface area contributed by atoms with Crippen molar-refractivity contribution in [2.24, 2.45) is 4.99 Å². The molecule has 32 heavy (non-hydrogen) atoms. The number of aryl methyl sites for hydroxylation is 2. The Labute approximate surface area is 210 Å². The lowest BCUT2D eigenvalue weighted by Crippen LogP contribution is -2.36. The van der Waals surface area contributed by atoms with E-state index in [0.717, 1.165) is 28.4 Å². The minimum Gasteiger partial charge on any atom is -0.494 e. The largest absolute Gasteiger partial charge is 0.494 e. The fourth-order valence-electron chi connectivity index (χ4n) is 2.89. The van der Waals surface area contributed by atoms with Gasteiger partial charge in [0, 0.05) is 30.2 Å². The van der Waals surface area contributed by atoms with Crippen molar-refractivity contribution < 1.29 is 9.47 Å². The number of nitrogens with zero attached hydrogens (tertiary/aromatic N) is 3. The molecule has 0 radical (unpaired) electrons. The van der Waals surface area contributed by atoms with E-state index >= 15 is 0 Å². The molecule has 0 atom stereocenters. The first-order valence-electron chi connectivity index (χ1n) is 10.3. The van der Waals surface area contributed by atoms with Crippen LogP contribution < -0.4 is 20.1 Å². The fourth-order valence-corrected chi connectivity index (χ4v) is 3.76. The number of benzene rings is 1. The molecule has 0 fully saturated rings. The number of pyridine rings is 1. The number of aromatic nitrogens is 2. The number of nitrogens with one attached hydrogen (secondary N) is 2. The van der Waals surface area contributed by atoms with Crippen LogP contribution in [0.2, 0.25) is 0 Å². The van der Waals surface area contributed by atoms with Crippen LogP contribution in [-0.4, -0.2) is 29.6 Å². The van der Waals surface area contributed by atoms with E-state index in [1.807, 2.05) is 50.2 Å². The molecule has 0 spiro atoms. The van der Waals surface area contributed by atoms with Crippen molar-refractivity contribution in [1.29, 1.82) is 0 Å². The van der Waals surface area contributed by atoms with Gasteiger partial charge in [0.1, 0.15) is 11.5 Å². The number of guanidine groups is 1. The molecular weight excluding hydrogens is 537 g/mol. The first kappa shape index (κ1) is 25.9. The number of halogens is 1. The third-order valence-corrected chi connectivity index (χ3v) is 5.52. The Morgan fingerprint density at radius 2 is 1.78 bits per heavy atom. The molecule has 0 unspecified atom stereocenters. The molecule has 0 aliphatic rings. The summed E-state index contributed by atoms with van der Waals surface area (Å²) < 4.78 is 11.6. The van der Waals surface area contributed by atoms with Gasteiger partial charge in [-0.1, -0.05) is 13.0 Å². The molecule has 0 saturated carbocycles. The van der Waals surface area contributed by atoms with Crippen LogP contribution in [0.25, 0.3) is 0 Å². The van der Waals surface area contributed by atoms with Gasteiger partial charge in [0.15, 0.2) is 5.96 Å². The van der Waals surface area contributed by atoms with Gasteiger partial charge < -0.3 is 20.1 Å². The highest BCUT2D eigenvalue weighted by molar-refractivity contribution is 14.0. The van der Waals surface area contributed by atoms with Crippen LogP contribution in [0, 0.1) is 13.8 Å². The SMILES string of the molecule is CCCOc1ccc(Oc2ncccc2CNC(=NC)NCc2sc(C)nc2C)cc1.I. The van der Waals surface area contributed by atoms with Gasteiger partial charge in [0.2, 0.25) is 5.88 Å². The molecule has 0 saturated heterocycles. The topological polar surface area (TPSA) is 80.7 Å². The van der Waals surface area contributed by atoms with Gasteiger partial charge in [-0.25, -0.2) is 9.97 Å². The van der Waals surface area contributed by atoms with E-state index in [-0.39, 0.29) is 24.0 Å². The summed E-state index contributed by atoms with van der Waals surface area (Å²) in [4.78, 5) is 14.4. The Balaban J connectivity index is 0.00000363. The van der Waals surface area contributed by atoms with Crippen molar-refractivity contribution in [3.8, 4) is 17.4 Å². The first-order valence-corrected chi connectivity index (χ1v) is 11.1. The van der Waals surface area contributed by atoms with Crippen LogP contribution in [-0.2, 0) is 13.1 Å². The van der Waals surface area contributed by atoms with Crippen molar-refractivity contribution in [3.63, 3.8) is 0 Å². The molecule has 172 valence electrons. The predicted octanol–water partition coefficient (Wildman–Crippen LogP) is 5.22. The summed E-state index contributed by atoms with van der Waals surface area (Å²) in [6, 6.07) is 11.5. The van der Waals surface area contributed by atoms with Gasteiger partial charge in [0.05, 0.1) is 23.9 Å². The molecule has 7 nitrogen and oxygen atoms in total. The van der Waals surface area contributed by atoms with Crippen molar-refractivity contribution in [1.82, 2.24) is 20.6 Å². The molecule has 2 aromatic heterocycles. The van der Waals surface area contributed by atoms with E-state index < -0.39 is 0 Å². The third-order valence-electron chi connectivity index (χ3n) is 4.45. The van der Waals surface area contributed by atoms with E-state index in [4.69, 9.17) is 9.47 Å². The van der Waals surface area contributed by atoms with Gasteiger partial charge in [0.25, 0.3) is 0 Å². The number of hydrogen-bond acceptors (Lipinski definition) is 6. The molecule has 2 N–H and O–H groups in total. The summed E-state index contributed by atoms with van der Waals surface area (Å²) in [5.41, 5.74) is 1.99. The zero-order valence-electron chi connectivity index (χ0n) is 18.8. The average molecular weight is 567 g/mol. The molecule has 0 amide bonds. The molecule has 2 heterocycles. The summed E-state index contributed by atoms with van der Waals surface area (Å²) in [6.45, 7) is 8.04. The maximum Gasteiger partial charge on any atom is 0.224 e. The maximum atomic E-state index is 6.01. The van der Waals surface area contributed by atoms with Gasteiger partial charge in [-0.15, -0.1) is 35.3 Å². The van der Waals surface area contributed by atoms with Crippen LogP contribution in [0.4, 0.5) is 0 Å². The summed E-state index contributed by atoms with van der Waals surface area (Å²) in [5, 5.41) is 7.73. The lowest BCUT2D eigenvalue weighted by Gasteiger charge is -2.14. The van der Waals surface area contributed by atoms with Gasteiger partial charge in [-0.2, -0.15) is 0 Å². The minimum atomic E-state index is 0. The van der Waals surface area contributed by atoms with Crippen LogP contribution in [0.15, 0.2) is 47.6 Å². The van der Waals surface area contributed by atoms with Crippen LogP contribution >= 0.6 is 35.3 Å². The Bertz CT molecular complexity index is 1010. The molecule has 0 aliphatic carbocycles. The third kappa shape index (κ3) is 7.63. The van der Waals surface area contributed by atoms with E-state index in [2.05, 4.69) is 32.5 Å². The second kappa shape index (κ2) is 13.2. The van der Waals surface area contributed by atoms with Crippen molar-refractivity contribution >= 4 is 41.3 Å². The second-order valence-corrected chi connectivity index (χ2v) is 8.20. The maximum absolute atomic E-state index is 6.01. The van der Waals surface area contributed by atoms with E-state index in [0.29, 0.717) is 37.3 Å². The number of aliphatic imine (C=N–C) groups is 1. The molecule has 0 bridgehead atoms. The number of thiazole rings is 1. The van der Waals surface area contributed by atoms with Crippen LogP contribution in [0.1, 0.15) is 34.5 Å². The molecule has 1 aromatic carbocycles. The van der Waals surface area contributed by atoms with Crippen molar-refractivity contribution in [2.45, 2.75) is 40.3 Å². The number of ether oxygens (including phenoxy) is 2. The highest BCUT2D eigenvalue weighted by Crippen LogP contribution is 2.25. The summed E-state index contributed by atoms with van der Waals surface area (Å²) in [6.07, 6.45) is 2.70. The Morgan fingerprint density at radius 1 is 1.06 bits per heavy atom.